The number of nitrogen functional groups attached to an aromatic ring is 1. The molecule has 0 bridgehead atoms. The zero-order chi connectivity index (χ0) is 8.60. The van der Waals surface area contributed by atoms with E-state index in [1.807, 2.05) is 0 Å². The second kappa shape index (κ2) is 2.73. The van der Waals surface area contributed by atoms with Gasteiger partial charge in [0.05, 0.1) is 5.69 Å². The average Bonchev–Trinajstić information content (AvgIpc) is 2.59. The van der Waals surface area contributed by atoms with Crippen LogP contribution in [0.3, 0.4) is 0 Å². The molecule has 2 N–H and O–H groups in total. The van der Waals surface area contributed by atoms with Gasteiger partial charge in [0.25, 0.3) is 0 Å². The van der Waals surface area contributed by atoms with Gasteiger partial charge < -0.3 is 5.73 Å². The van der Waals surface area contributed by atoms with Gasteiger partial charge in [-0.15, -0.1) is 11.3 Å². The van der Waals surface area contributed by atoms with E-state index in [1.165, 1.54) is 31.4 Å². The minimum Gasteiger partial charge on any atom is -0.375 e. The van der Waals surface area contributed by atoms with Gasteiger partial charge in [-0.2, -0.15) is 0 Å². The number of hydrogen-bond donors (Lipinski definition) is 1. The Labute approximate surface area is 76.8 Å². The molecular formula is C9H14N2S. The molecule has 66 valence electrons. The van der Waals surface area contributed by atoms with Crippen molar-refractivity contribution >= 4 is 16.5 Å². The lowest BCUT2D eigenvalue weighted by Crippen LogP contribution is -2.17. The van der Waals surface area contributed by atoms with Crippen LogP contribution in [-0.4, -0.2) is 4.98 Å². The lowest BCUT2D eigenvalue weighted by molar-refractivity contribution is 0.479. The van der Waals surface area contributed by atoms with E-state index in [4.69, 9.17) is 5.73 Å². The summed E-state index contributed by atoms with van der Waals surface area (Å²) in [6, 6.07) is 0. The smallest absolute Gasteiger partial charge is 0.180 e. The standard InChI is InChI=1S/C9H14N2S/c1-9(4-2-3-5-9)7-6-12-8(10)11-7/h6H,2-5H2,1H3,(H2,10,11). The van der Waals surface area contributed by atoms with Gasteiger partial charge in [0, 0.05) is 10.8 Å². The van der Waals surface area contributed by atoms with Gasteiger partial charge in [0.1, 0.15) is 0 Å². The van der Waals surface area contributed by atoms with Gasteiger partial charge in [0.2, 0.25) is 0 Å². The maximum Gasteiger partial charge on any atom is 0.180 e. The van der Waals surface area contributed by atoms with E-state index < -0.39 is 0 Å². The number of thiazole rings is 1. The summed E-state index contributed by atoms with van der Waals surface area (Å²) < 4.78 is 0. The molecule has 1 fully saturated rings. The largest absolute Gasteiger partial charge is 0.375 e. The molecule has 0 aliphatic heterocycles. The summed E-state index contributed by atoms with van der Waals surface area (Å²) in [4.78, 5) is 4.36. The zero-order valence-electron chi connectivity index (χ0n) is 7.34. The summed E-state index contributed by atoms with van der Waals surface area (Å²) in [7, 11) is 0. The Morgan fingerprint density at radius 2 is 2.17 bits per heavy atom. The third-order valence-electron chi connectivity index (χ3n) is 2.85. The van der Waals surface area contributed by atoms with Crippen LogP contribution in [-0.2, 0) is 5.41 Å². The van der Waals surface area contributed by atoms with Gasteiger partial charge >= 0.3 is 0 Å². The van der Waals surface area contributed by atoms with Crippen LogP contribution in [0.15, 0.2) is 5.38 Å². The van der Waals surface area contributed by atoms with Crippen LogP contribution in [0.4, 0.5) is 5.13 Å². The molecule has 1 aromatic rings. The van der Waals surface area contributed by atoms with Crippen molar-refractivity contribution in [2.75, 3.05) is 5.73 Å². The number of anilines is 1. The Bertz CT molecular complexity index is 274. The Kier molecular flexibility index (Phi) is 1.83. The summed E-state index contributed by atoms with van der Waals surface area (Å²) in [5.74, 6) is 0. The van der Waals surface area contributed by atoms with Crippen LogP contribution >= 0.6 is 11.3 Å². The van der Waals surface area contributed by atoms with Crippen molar-refractivity contribution < 1.29 is 0 Å². The predicted octanol–water partition coefficient (Wildman–Crippen LogP) is 2.56. The SMILES string of the molecule is CC1(c2csc(N)n2)CCCC1. The molecule has 0 atom stereocenters. The maximum absolute atomic E-state index is 5.61. The van der Waals surface area contributed by atoms with Crippen molar-refractivity contribution in [1.29, 1.82) is 0 Å². The molecule has 0 unspecified atom stereocenters. The fourth-order valence-electron chi connectivity index (χ4n) is 1.98. The number of rotatable bonds is 1. The van der Waals surface area contributed by atoms with Crippen molar-refractivity contribution in [2.45, 2.75) is 38.0 Å². The van der Waals surface area contributed by atoms with Crippen molar-refractivity contribution in [3.8, 4) is 0 Å². The van der Waals surface area contributed by atoms with E-state index in [0.717, 1.165) is 0 Å². The molecule has 2 nitrogen and oxygen atoms in total. The molecule has 0 saturated heterocycles. The normalized spacial score (nSPS) is 21.4. The molecule has 0 spiro atoms. The molecule has 0 radical (unpaired) electrons. The highest BCUT2D eigenvalue weighted by atomic mass is 32.1. The van der Waals surface area contributed by atoms with Gasteiger partial charge in [-0.25, -0.2) is 4.98 Å². The van der Waals surface area contributed by atoms with Crippen LogP contribution in [0.2, 0.25) is 0 Å². The fourth-order valence-corrected chi connectivity index (χ4v) is 2.70. The lowest BCUT2D eigenvalue weighted by Gasteiger charge is -2.20. The molecule has 1 heterocycles. The van der Waals surface area contributed by atoms with E-state index in [9.17, 15) is 0 Å². The molecule has 0 amide bonds. The summed E-state index contributed by atoms with van der Waals surface area (Å²) >= 11 is 1.56. The zero-order valence-corrected chi connectivity index (χ0v) is 8.16. The molecule has 12 heavy (non-hydrogen) atoms. The average molecular weight is 182 g/mol. The Hall–Kier alpha value is -0.570. The van der Waals surface area contributed by atoms with Crippen molar-refractivity contribution in [2.24, 2.45) is 0 Å². The summed E-state index contributed by atoms with van der Waals surface area (Å²) in [6.45, 7) is 2.30. The first-order chi connectivity index (χ1) is 5.71. The molecule has 0 aromatic carbocycles. The summed E-state index contributed by atoms with van der Waals surface area (Å²) in [6.07, 6.45) is 5.23. The fraction of sp³-hybridized carbons (Fsp3) is 0.667. The number of aromatic nitrogens is 1. The van der Waals surface area contributed by atoms with Gasteiger partial charge in [-0.3, -0.25) is 0 Å². The quantitative estimate of drug-likeness (QED) is 0.725. The van der Waals surface area contributed by atoms with Gasteiger partial charge in [0.15, 0.2) is 5.13 Å². The monoisotopic (exact) mass is 182 g/mol. The molecule has 3 heteroatoms. The molecular weight excluding hydrogens is 168 g/mol. The van der Waals surface area contributed by atoms with E-state index in [0.29, 0.717) is 10.5 Å². The minimum absolute atomic E-state index is 0.328. The predicted molar refractivity (Wildman–Crippen MR) is 52.3 cm³/mol. The van der Waals surface area contributed by atoms with Crippen molar-refractivity contribution in [3.05, 3.63) is 11.1 Å². The van der Waals surface area contributed by atoms with E-state index >= 15 is 0 Å². The van der Waals surface area contributed by atoms with Gasteiger partial charge in [-0.05, 0) is 12.8 Å². The second-order valence-corrected chi connectivity index (χ2v) is 4.73. The highest BCUT2D eigenvalue weighted by molar-refractivity contribution is 7.13. The van der Waals surface area contributed by atoms with E-state index in [2.05, 4.69) is 17.3 Å². The molecule has 1 aliphatic rings. The Balaban J connectivity index is 2.28. The lowest BCUT2D eigenvalue weighted by atomic mass is 9.86. The van der Waals surface area contributed by atoms with Crippen LogP contribution in [0.25, 0.3) is 0 Å². The molecule has 1 aliphatic carbocycles. The topological polar surface area (TPSA) is 38.9 Å². The van der Waals surface area contributed by atoms with Gasteiger partial charge in [-0.1, -0.05) is 19.8 Å². The number of nitrogens with zero attached hydrogens (tertiary/aromatic N) is 1. The third-order valence-corrected chi connectivity index (χ3v) is 3.52. The highest BCUT2D eigenvalue weighted by Gasteiger charge is 2.32. The van der Waals surface area contributed by atoms with Crippen LogP contribution in [0.5, 0.6) is 0 Å². The van der Waals surface area contributed by atoms with E-state index in [1.54, 1.807) is 11.3 Å². The van der Waals surface area contributed by atoms with Crippen LogP contribution in [0.1, 0.15) is 38.3 Å². The maximum atomic E-state index is 5.61. The molecule has 1 aromatic heterocycles. The Morgan fingerprint density at radius 3 is 2.67 bits per heavy atom. The Morgan fingerprint density at radius 1 is 1.50 bits per heavy atom. The number of hydrogen-bond acceptors (Lipinski definition) is 3. The summed E-state index contributed by atoms with van der Waals surface area (Å²) in [5.41, 5.74) is 7.15. The summed E-state index contributed by atoms with van der Waals surface area (Å²) in [5, 5.41) is 2.82. The highest BCUT2D eigenvalue weighted by Crippen LogP contribution is 2.40. The minimum atomic E-state index is 0.328. The number of nitrogens with two attached hydrogens (primary N) is 1. The molecule has 2 rings (SSSR count). The first kappa shape index (κ1) is 8.05. The first-order valence-electron chi connectivity index (χ1n) is 4.42. The van der Waals surface area contributed by atoms with Crippen LogP contribution < -0.4 is 5.73 Å². The van der Waals surface area contributed by atoms with Crippen LogP contribution in [0, 0.1) is 0 Å². The molecule has 1 saturated carbocycles. The van der Waals surface area contributed by atoms with Crippen molar-refractivity contribution in [3.63, 3.8) is 0 Å². The second-order valence-electron chi connectivity index (χ2n) is 3.84. The van der Waals surface area contributed by atoms with Crippen molar-refractivity contribution in [1.82, 2.24) is 4.98 Å². The third kappa shape index (κ3) is 1.22. The first-order valence-corrected chi connectivity index (χ1v) is 5.30. The van der Waals surface area contributed by atoms with E-state index in [-0.39, 0.29) is 0 Å².